The Morgan fingerprint density at radius 3 is 1.31 bits per heavy atom. The maximum Gasteiger partial charge on any atom is 0.472 e. The van der Waals surface area contributed by atoms with Crippen LogP contribution >= 0.6 is 7.82 Å². The topological polar surface area (TPSA) is 206 Å². The minimum absolute atomic E-state index is 0.218. The fourth-order valence-corrected chi connectivity index (χ4v) is 8.64. The molecule has 1 saturated carbocycles. The highest BCUT2D eigenvalue weighted by atomic mass is 31.2. The highest BCUT2D eigenvalue weighted by Crippen LogP contribution is 2.47. The maximum absolute atomic E-state index is 12.9. The molecule has 8 N–H and O–H groups in total. The molecule has 1 amide bonds. The maximum atomic E-state index is 12.9. The van der Waals surface area contributed by atoms with Crippen LogP contribution in [0.3, 0.4) is 0 Å². The Morgan fingerprint density at radius 2 is 0.914 bits per heavy atom. The van der Waals surface area contributed by atoms with Gasteiger partial charge in [0.1, 0.15) is 36.6 Å². The van der Waals surface area contributed by atoms with Crippen molar-refractivity contribution < 1.29 is 53.9 Å². The largest absolute Gasteiger partial charge is 0.472 e. The average molecular weight is 850 g/mol. The van der Waals surface area contributed by atoms with E-state index in [0.717, 1.165) is 44.9 Å². The van der Waals surface area contributed by atoms with Crippen LogP contribution in [0.4, 0.5) is 0 Å². The van der Waals surface area contributed by atoms with Crippen molar-refractivity contribution in [2.24, 2.45) is 0 Å². The fraction of sp³-hybridized carbons (Fsp3) is 0.933. The van der Waals surface area contributed by atoms with E-state index in [4.69, 9.17) is 9.05 Å². The molecule has 344 valence electrons. The first-order valence-corrected chi connectivity index (χ1v) is 25.1. The van der Waals surface area contributed by atoms with Gasteiger partial charge in [-0.3, -0.25) is 13.8 Å². The van der Waals surface area contributed by atoms with Crippen molar-refractivity contribution in [2.75, 3.05) is 6.61 Å². The summed E-state index contributed by atoms with van der Waals surface area (Å²) < 4.78 is 22.9. The van der Waals surface area contributed by atoms with Gasteiger partial charge in [0.15, 0.2) is 0 Å². The minimum atomic E-state index is -5.07. The summed E-state index contributed by atoms with van der Waals surface area (Å²) in [6, 6.07) is -1.11. The Morgan fingerprint density at radius 1 is 0.569 bits per heavy atom. The van der Waals surface area contributed by atoms with Crippen LogP contribution in [0.5, 0.6) is 0 Å². The zero-order chi connectivity index (χ0) is 42.9. The zero-order valence-electron chi connectivity index (χ0n) is 36.6. The van der Waals surface area contributed by atoms with Crippen LogP contribution in [-0.4, -0.2) is 96.8 Å². The number of nitrogens with one attached hydrogen (secondary N) is 1. The van der Waals surface area contributed by atoms with Crippen molar-refractivity contribution >= 4 is 13.7 Å². The lowest BCUT2D eigenvalue weighted by molar-refractivity contribution is -0.220. The number of hydrogen-bond donors (Lipinski definition) is 8. The normalized spacial score (nSPS) is 23.3. The van der Waals surface area contributed by atoms with Crippen LogP contribution in [0.1, 0.15) is 213 Å². The summed E-state index contributed by atoms with van der Waals surface area (Å²) in [4.78, 5) is 23.3. The molecule has 6 unspecified atom stereocenters. The molecule has 58 heavy (non-hydrogen) atoms. The van der Waals surface area contributed by atoms with E-state index in [-0.39, 0.29) is 12.3 Å². The summed E-state index contributed by atoms with van der Waals surface area (Å²) in [5, 5.41) is 63.9. The van der Waals surface area contributed by atoms with E-state index in [2.05, 4.69) is 19.2 Å². The molecule has 0 aromatic rings. The molecule has 0 bridgehead atoms. The Bertz CT molecular complexity index is 1040. The predicted octanol–water partition coefficient (Wildman–Crippen LogP) is 8.84. The molecular formula is C45H88NO11P. The molecule has 0 spiro atoms. The number of hydrogen-bond acceptors (Lipinski definition) is 10. The van der Waals surface area contributed by atoms with Gasteiger partial charge in [-0.15, -0.1) is 0 Å². The van der Waals surface area contributed by atoms with Crippen LogP contribution in [0.25, 0.3) is 0 Å². The van der Waals surface area contributed by atoms with Crippen molar-refractivity contribution in [2.45, 2.75) is 262 Å². The number of allylic oxidation sites excluding steroid dienone is 1. The first-order valence-electron chi connectivity index (χ1n) is 23.6. The molecule has 1 rings (SSSR count). The summed E-state index contributed by atoms with van der Waals surface area (Å²) in [7, 11) is -5.07. The molecule has 1 fully saturated rings. The lowest BCUT2D eigenvalue weighted by Gasteiger charge is -2.41. The fourth-order valence-electron chi connectivity index (χ4n) is 7.67. The van der Waals surface area contributed by atoms with Gasteiger partial charge in [0.25, 0.3) is 0 Å². The van der Waals surface area contributed by atoms with E-state index >= 15 is 0 Å². The molecule has 1 aliphatic rings. The van der Waals surface area contributed by atoms with Gasteiger partial charge in [0.05, 0.1) is 18.8 Å². The van der Waals surface area contributed by atoms with Crippen LogP contribution < -0.4 is 5.32 Å². The van der Waals surface area contributed by atoms with Crippen LogP contribution in [0.2, 0.25) is 0 Å². The summed E-state index contributed by atoms with van der Waals surface area (Å²) >= 11 is 0. The second kappa shape index (κ2) is 35.7. The second-order valence-electron chi connectivity index (χ2n) is 17.0. The lowest BCUT2D eigenvalue weighted by atomic mass is 9.85. The van der Waals surface area contributed by atoms with E-state index in [1.807, 2.05) is 6.08 Å². The van der Waals surface area contributed by atoms with E-state index in [1.165, 1.54) is 147 Å². The highest BCUT2D eigenvalue weighted by molar-refractivity contribution is 7.47. The molecule has 0 aromatic heterocycles. The van der Waals surface area contributed by atoms with Gasteiger partial charge in [-0.05, 0) is 19.3 Å². The Balaban J connectivity index is 2.42. The number of carbonyl (C=O) groups excluding carboxylic acids is 1. The number of amides is 1. The third kappa shape index (κ3) is 27.1. The first kappa shape index (κ1) is 55.1. The van der Waals surface area contributed by atoms with Gasteiger partial charge in [-0.1, -0.05) is 199 Å². The minimum Gasteiger partial charge on any atom is -0.387 e. The summed E-state index contributed by atoms with van der Waals surface area (Å²) in [5.74, 6) is -0.338. The van der Waals surface area contributed by atoms with Crippen LogP contribution in [0.15, 0.2) is 12.2 Å². The Labute approximate surface area is 352 Å². The van der Waals surface area contributed by atoms with Crippen LogP contribution in [0, 0.1) is 0 Å². The monoisotopic (exact) mass is 850 g/mol. The summed E-state index contributed by atoms with van der Waals surface area (Å²) in [6.45, 7) is 3.83. The highest BCUT2D eigenvalue weighted by Gasteiger charge is 2.51. The SMILES string of the molecule is CCCCCCCCCCC/C=C/[C@@H](O)[C@H](COP(=O)(O)OC1C(O)C(O)C(O)[C@@H](O)C1O)NC(=O)CCCCCCCCCCCCCCCCCCCCCC. The smallest absolute Gasteiger partial charge is 0.387 e. The molecule has 0 saturated heterocycles. The quantitative estimate of drug-likeness (QED) is 0.0167. The van der Waals surface area contributed by atoms with E-state index in [1.54, 1.807) is 0 Å². The summed E-state index contributed by atoms with van der Waals surface area (Å²) in [5.41, 5.74) is 0. The number of aliphatic hydroxyl groups is 6. The van der Waals surface area contributed by atoms with Gasteiger partial charge in [0, 0.05) is 6.42 Å². The van der Waals surface area contributed by atoms with Gasteiger partial charge in [-0.25, -0.2) is 4.57 Å². The molecule has 0 radical (unpaired) electrons. The predicted molar refractivity (Wildman–Crippen MR) is 232 cm³/mol. The summed E-state index contributed by atoms with van der Waals surface area (Å²) in [6.07, 6.45) is 27.2. The van der Waals surface area contributed by atoms with Gasteiger partial charge < -0.3 is 40.8 Å². The number of aliphatic hydroxyl groups excluding tert-OH is 6. The number of carbonyl (C=O) groups is 1. The number of phosphoric acid groups is 1. The molecular weight excluding hydrogens is 761 g/mol. The van der Waals surface area contributed by atoms with Crippen LogP contribution in [-0.2, 0) is 18.4 Å². The molecule has 0 heterocycles. The van der Waals surface area contributed by atoms with E-state index in [0.29, 0.717) is 6.42 Å². The zero-order valence-corrected chi connectivity index (χ0v) is 37.5. The van der Waals surface area contributed by atoms with Crippen molar-refractivity contribution in [3.8, 4) is 0 Å². The van der Waals surface area contributed by atoms with E-state index < -0.39 is 63.2 Å². The molecule has 12 nitrogen and oxygen atoms in total. The van der Waals surface area contributed by atoms with Gasteiger partial charge in [-0.2, -0.15) is 0 Å². The molecule has 1 aliphatic carbocycles. The number of phosphoric ester groups is 1. The lowest BCUT2D eigenvalue weighted by Crippen LogP contribution is -2.64. The molecule has 9 atom stereocenters. The van der Waals surface area contributed by atoms with Crippen molar-refractivity contribution in [3.05, 3.63) is 12.2 Å². The van der Waals surface area contributed by atoms with Gasteiger partial charge >= 0.3 is 7.82 Å². The average Bonchev–Trinajstić information content (AvgIpc) is 3.20. The second-order valence-corrected chi connectivity index (χ2v) is 18.4. The van der Waals surface area contributed by atoms with Crippen molar-refractivity contribution in [3.63, 3.8) is 0 Å². The van der Waals surface area contributed by atoms with E-state index in [9.17, 15) is 44.9 Å². The van der Waals surface area contributed by atoms with Crippen molar-refractivity contribution in [1.29, 1.82) is 0 Å². The van der Waals surface area contributed by atoms with Crippen molar-refractivity contribution in [1.82, 2.24) is 5.32 Å². The standard InChI is InChI=1S/C45H88NO11P/c1-3-5-7-9-11-13-15-16-17-18-19-20-21-22-23-25-27-29-31-33-35-39(48)46-37(38(47)34-32-30-28-26-24-14-12-10-8-6-4-2)36-56-58(54,55)57-45-43(52)41(50)40(49)42(51)44(45)53/h32,34,37-38,40-45,47,49-53H,3-31,33,35-36H2,1-2H3,(H,46,48)(H,54,55)/b34-32+/t37-,38+,40?,41+,42?,43?,44?,45?/m0/s1. The first-order chi connectivity index (χ1) is 27.9. The molecule has 13 heteroatoms. The Kier molecular flexibility index (Phi) is 33.9. The third-order valence-corrected chi connectivity index (χ3v) is 12.6. The molecule has 0 aromatic carbocycles. The third-order valence-electron chi connectivity index (χ3n) is 11.6. The number of unbranched alkanes of at least 4 members (excludes halogenated alkanes) is 28. The van der Waals surface area contributed by atoms with Gasteiger partial charge in [0.2, 0.25) is 5.91 Å². The Hall–Kier alpha value is -0.920. The number of rotatable bonds is 39. The molecule has 0 aliphatic heterocycles.